The van der Waals surface area contributed by atoms with E-state index in [9.17, 15) is 4.79 Å². The Bertz CT molecular complexity index is 154. The highest BCUT2D eigenvalue weighted by atomic mass is 16.5. The second-order valence-electron chi connectivity index (χ2n) is 3.09. The molecule has 0 amide bonds. The topological polar surface area (TPSA) is 61.5 Å². The lowest BCUT2D eigenvalue weighted by atomic mass is 10.00. The molecule has 0 aromatic carbocycles. The van der Waals surface area contributed by atoms with Gasteiger partial charge in [0.1, 0.15) is 6.04 Å². The minimum atomic E-state index is -0.485. The van der Waals surface area contributed by atoms with Crippen molar-refractivity contribution in [3.05, 3.63) is 0 Å². The van der Waals surface area contributed by atoms with Crippen LogP contribution in [0.1, 0.15) is 12.8 Å². The Morgan fingerprint density at radius 1 is 1.83 bits per heavy atom. The van der Waals surface area contributed by atoms with Crippen LogP contribution in [-0.4, -0.2) is 32.3 Å². The van der Waals surface area contributed by atoms with Gasteiger partial charge in [-0.25, -0.2) is 0 Å². The van der Waals surface area contributed by atoms with Crippen molar-refractivity contribution in [1.82, 2.24) is 0 Å². The third kappa shape index (κ3) is 2.46. The van der Waals surface area contributed by atoms with Gasteiger partial charge in [0.25, 0.3) is 0 Å². The van der Waals surface area contributed by atoms with Crippen LogP contribution >= 0.6 is 0 Å². The zero-order valence-electron chi connectivity index (χ0n) is 7.29. The number of hydrogen-bond donors (Lipinski definition) is 1. The molecule has 0 aromatic rings. The van der Waals surface area contributed by atoms with Crippen LogP contribution in [0, 0.1) is 5.92 Å². The molecule has 0 aromatic heterocycles. The number of esters is 1. The van der Waals surface area contributed by atoms with Crippen LogP contribution < -0.4 is 5.73 Å². The molecule has 12 heavy (non-hydrogen) atoms. The fraction of sp³-hybridized carbons (Fsp3) is 0.875. The van der Waals surface area contributed by atoms with E-state index in [1.54, 1.807) is 0 Å². The molecule has 2 N–H and O–H groups in total. The molecule has 0 aliphatic carbocycles. The summed E-state index contributed by atoms with van der Waals surface area (Å²) in [6.07, 6.45) is 1.68. The van der Waals surface area contributed by atoms with E-state index in [4.69, 9.17) is 10.5 Å². The van der Waals surface area contributed by atoms with Crippen LogP contribution in [0.15, 0.2) is 0 Å². The van der Waals surface area contributed by atoms with Crippen LogP contribution in [0.2, 0.25) is 0 Å². The minimum Gasteiger partial charge on any atom is -0.468 e. The normalized spacial score (nSPS) is 25.3. The van der Waals surface area contributed by atoms with Crippen molar-refractivity contribution in [1.29, 1.82) is 0 Å². The molecule has 1 heterocycles. The lowest BCUT2D eigenvalue weighted by Gasteiger charge is -2.12. The van der Waals surface area contributed by atoms with Crippen LogP contribution in [0.3, 0.4) is 0 Å². The molecule has 0 spiro atoms. The Morgan fingerprint density at radius 3 is 3.08 bits per heavy atom. The summed E-state index contributed by atoms with van der Waals surface area (Å²) in [5.74, 6) is 0.0981. The number of nitrogens with two attached hydrogens (primary N) is 1. The molecule has 1 aliphatic rings. The van der Waals surface area contributed by atoms with E-state index in [0.717, 1.165) is 19.6 Å². The van der Waals surface area contributed by atoms with Crippen molar-refractivity contribution in [3.8, 4) is 0 Å². The molecule has 1 saturated heterocycles. The first-order valence-electron chi connectivity index (χ1n) is 4.15. The van der Waals surface area contributed by atoms with E-state index < -0.39 is 6.04 Å². The molecular weight excluding hydrogens is 158 g/mol. The number of carbonyl (C=O) groups excluding carboxylic acids is 1. The van der Waals surface area contributed by atoms with Crippen molar-refractivity contribution < 1.29 is 14.3 Å². The first kappa shape index (κ1) is 9.48. The predicted molar refractivity (Wildman–Crippen MR) is 43.5 cm³/mol. The van der Waals surface area contributed by atoms with Gasteiger partial charge in [0.05, 0.1) is 7.11 Å². The molecule has 4 heteroatoms. The van der Waals surface area contributed by atoms with Crippen molar-refractivity contribution >= 4 is 5.97 Å². The Labute approximate surface area is 72.0 Å². The van der Waals surface area contributed by atoms with Gasteiger partial charge < -0.3 is 15.2 Å². The largest absolute Gasteiger partial charge is 0.468 e. The lowest BCUT2D eigenvalue weighted by molar-refractivity contribution is -0.142. The number of ether oxygens (including phenoxy) is 2. The fourth-order valence-electron chi connectivity index (χ4n) is 1.38. The molecule has 0 bridgehead atoms. The summed E-state index contributed by atoms with van der Waals surface area (Å²) in [5.41, 5.74) is 5.58. The zero-order valence-corrected chi connectivity index (χ0v) is 7.29. The standard InChI is InChI=1S/C8H15NO3/c1-11-8(10)7(9)4-6-2-3-12-5-6/h6-7H,2-5,9H2,1H3/t6?,7-/m0/s1. The maximum absolute atomic E-state index is 10.9. The molecule has 0 radical (unpaired) electrons. The van der Waals surface area contributed by atoms with Crippen LogP contribution in [0.5, 0.6) is 0 Å². The highest BCUT2D eigenvalue weighted by molar-refractivity contribution is 5.75. The third-order valence-electron chi connectivity index (χ3n) is 2.12. The average Bonchev–Trinajstić information content (AvgIpc) is 2.55. The van der Waals surface area contributed by atoms with E-state index >= 15 is 0 Å². The Hall–Kier alpha value is -0.610. The SMILES string of the molecule is COC(=O)[C@@H](N)CC1CCOC1. The molecule has 1 aliphatic heterocycles. The van der Waals surface area contributed by atoms with Gasteiger partial charge in [0.15, 0.2) is 0 Å². The van der Waals surface area contributed by atoms with Gasteiger partial charge >= 0.3 is 5.97 Å². The minimum absolute atomic E-state index is 0.332. The van der Waals surface area contributed by atoms with Crippen molar-refractivity contribution in [2.24, 2.45) is 11.7 Å². The summed E-state index contributed by atoms with van der Waals surface area (Å²) in [6, 6.07) is -0.485. The number of hydrogen-bond acceptors (Lipinski definition) is 4. The molecule has 1 rings (SSSR count). The van der Waals surface area contributed by atoms with E-state index in [1.165, 1.54) is 7.11 Å². The summed E-state index contributed by atoms with van der Waals surface area (Å²) in [7, 11) is 1.35. The smallest absolute Gasteiger partial charge is 0.322 e. The second-order valence-corrected chi connectivity index (χ2v) is 3.09. The first-order chi connectivity index (χ1) is 5.74. The fourth-order valence-corrected chi connectivity index (χ4v) is 1.38. The van der Waals surface area contributed by atoms with Gasteiger partial charge in [-0.2, -0.15) is 0 Å². The van der Waals surface area contributed by atoms with Crippen molar-refractivity contribution in [2.75, 3.05) is 20.3 Å². The van der Waals surface area contributed by atoms with Gasteiger partial charge in [-0.1, -0.05) is 0 Å². The van der Waals surface area contributed by atoms with Crippen LogP contribution in [0.4, 0.5) is 0 Å². The van der Waals surface area contributed by atoms with E-state index in [0.29, 0.717) is 12.3 Å². The monoisotopic (exact) mass is 173 g/mol. The zero-order chi connectivity index (χ0) is 8.97. The number of methoxy groups -OCH3 is 1. The molecule has 4 nitrogen and oxygen atoms in total. The Balaban J connectivity index is 2.24. The average molecular weight is 173 g/mol. The summed E-state index contributed by atoms with van der Waals surface area (Å²) >= 11 is 0. The summed E-state index contributed by atoms with van der Waals surface area (Å²) < 4.78 is 9.68. The third-order valence-corrected chi connectivity index (χ3v) is 2.12. The molecule has 1 fully saturated rings. The molecule has 1 unspecified atom stereocenters. The van der Waals surface area contributed by atoms with E-state index in [1.807, 2.05) is 0 Å². The Kier molecular flexibility index (Phi) is 3.49. The van der Waals surface area contributed by atoms with E-state index in [2.05, 4.69) is 4.74 Å². The maximum Gasteiger partial charge on any atom is 0.322 e. The Morgan fingerprint density at radius 2 is 2.58 bits per heavy atom. The molecule has 70 valence electrons. The second kappa shape index (κ2) is 4.42. The molecule has 0 saturated carbocycles. The van der Waals surface area contributed by atoms with Gasteiger partial charge in [-0.3, -0.25) is 4.79 Å². The number of rotatable bonds is 3. The number of carbonyl (C=O) groups is 1. The van der Waals surface area contributed by atoms with E-state index in [-0.39, 0.29) is 5.97 Å². The predicted octanol–water partition coefficient (Wildman–Crippen LogP) is -0.0867. The quantitative estimate of drug-likeness (QED) is 0.606. The van der Waals surface area contributed by atoms with Crippen molar-refractivity contribution in [3.63, 3.8) is 0 Å². The van der Waals surface area contributed by atoms with Gasteiger partial charge in [-0.15, -0.1) is 0 Å². The lowest BCUT2D eigenvalue weighted by Crippen LogP contribution is -2.33. The summed E-state index contributed by atoms with van der Waals surface area (Å²) in [6.45, 7) is 1.52. The van der Waals surface area contributed by atoms with Crippen LogP contribution in [0.25, 0.3) is 0 Å². The van der Waals surface area contributed by atoms with Crippen molar-refractivity contribution in [2.45, 2.75) is 18.9 Å². The summed E-state index contributed by atoms with van der Waals surface area (Å²) in [5, 5.41) is 0. The highest BCUT2D eigenvalue weighted by Gasteiger charge is 2.22. The first-order valence-corrected chi connectivity index (χ1v) is 4.15. The van der Waals surface area contributed by atoms with Gasteiger partial charge in [0, 0.05) is 13.2 Å². The molecular formula is C8H15NO3. The van der Waals surface area contributed by atoms with Gasteiger partial charge in [0.2, 0.25) is 0 Å². The highest BCUT2D eigenvalue weighted by Crippen LogP contribution is 2.17. The van der Waals surface area contributed by atoms with Gasteiger partial charge in [-0.05, 0) is 18.8 Å². The van der Waals surface area contributed by atoms with Crippen LogP contribution in [-0.2, 0) is 14.3 Å². The maximum atomic E-state index is 10.9. The summed E-state index contributed by atoms with van der Waals surface area (Å²) in [4.78, 5) is 10.9. The molecule has 2 atom stereocenters.